The molecule has 38 heavy (non-hydrogen) atoms. The molecule has 0 saturated carbocycles. The largest absolute Gasteiger partial charge is 0.493 e. The Hall–Kier alpha value is -4.06. The van der Waals surface area contributed by atoms with Gasteiger partial charge in [-0.3, -0.25) is 4.79 Å². The number of hydrogen-bond acceptors (Lipinski definition) is 4. The number of allylic oxidation sites excluding steroid dienone is 1. The third kappa shape index (κ3) is 7.03. The highest BCUT2D eigenvalue weighted by atomic mass is 16.5. The van der Waals surface area contributed by atoms with Gasteiger partial charge in [0.05, 0.1) is 24.8 Å². The second kappa shape index (κ2) is 13.5. The maximum absolute atomic E-state index is 12.5. The van der Waals surface area contributed by atoms with Gasteiger partial charge < -0.3 is 19.4 Å². The summed E-state index contributed by atoms with van der Waals surface area (Å²) in [6, 6.07) is 21.9. The van der Waals surface area contributed by atoms with Crippen LogP contribution >= 0.6 is 0 Å². The maximum Gasteiger partial charge on any atom is 0.251 e. The van der Waals surface area contributed by atoms with E-state index in [0.717, 1.165) is 78.1 Å². The van der Waals surface area contributed by atoms with E-state index in [2.05, 4.69) is 34.7 Å². The first-order chi connectivity index (χ1) is 18.6. The molecule has 0 unspecified atom stereocenters. The Morgan fingerprint density at radius 3 is 2.71 bits per heavy atom. The van der Waals surface area contributed by atoms with Gasteiger partial charge in [0.2, 0.25) is 0 Å². The van der Waals surface area contributed by atoms with Crippen LogP contribution in [0.2, 0.25) is 0 Å². The molecule has 0 saturated heterocycles. The molecular weight excluding hydrogens is 474 g/mol. The predicted molar refractivity (Wildman–Crippen MR) is 153 cm³/mol. The first-order valence-electron chi connectivity index (χ1n) is 13.3. The Morgan fingerprint density at radius 2 is 1.89 bits per heavy atom. The molecule has 1 aromatic heterocycles. The first-order valence-corrected chi connectivity index (χ1v) is 13.3. The van der Waals surface area contributed by atoms with Crippen LogP contribution in [-0.2, 0) is 19.4 Å². The van der Waals surface area contributed by atoms with Crippen molar-refractivity contribution in [2.75, 3.05) is 20.3 Å². The standard InChI is InChI=1S/C32H37N3O3/c1-4-11-25-17-18-29(30(23-25)37-3)38-21-8-7-20-35-28-15-6-5-14-27(28)34-31(35)16-10-19-33-32(36)26-13-9-12-24(2)22-26/h4-6,9,12-15,17-18,22-23H,1,7-8,10-11,16,19-21H2,2-3H3,(H,33,36). The summed E-state index contributed by atoms with van der Waals surface area (Å²) in [4.78, 5) is 17.3. The van der Waals surface area contributed by atoms with E-state index in [4.69, 9.17) is 14.5 Å². The van der Waals surface area contributed by atoms with Crippen molar-refractivity contribution in [3.05, 3.63) is 102 Å². The van der Waals surface area contributed by atoms with E-state index >= 15 is 0 Å². The summed E-state index contributed by atoms with van der Waals surface area (Å²) < 4.78 is 13.8. The van der Waals surface area contributed by atoms with Gasteiger partial charge in [-0.1, -0.05) is 42.0 Å². The van der Waals surface area contributed by atoms with Crippen molar-refractivity contribution in [3.63, 3.8) is 0 Å². The van der Waals surface area contributed by atoms with Gasteiger partial charge in [-0.15, -0.1) is 6.58 Å². The number of imidazole rings is 1. The number of carbonyl (C=O) groups excluding carboxylic acids is 1. The Labute approximate surface area is 225 Å². The molecule has 6 nitrogen and oxygen atoms in total. The zero-order valence-electron chi connectivity index (χ0n) is 22.4. The lowest BCUT2D eigenvalue weighted by atomic mass is 10.1. The molecule has 198 valence electrons. The number of methoxy groups -OCH3 is 1. The fourth-order valence-corrected chi connectivity index (χ4v) is 4.58. The number of ether oxygens (including phenoxy) is 2. The average Bonchev–Trinajstić information content (AvgIpc) is 3.28. The van der Waals surface area contributed by atoms with Crippen LogP contribution in [0.4, 0.5) is 0 Å². The van der Waals surface area contributed by atoms with E-state index < -0.39 is 0 Å². The summed E-state index contributed by atoms with van der Waals surface area (Å²) in [5.74, 6) is 2.54. The third-order valence-corrected chi connectivity index (χ3v) is 6.52. The predicted octanol–water partition coefficient (Wildman–Crippen LogP) is 6.30. The summed E-state index contributed by atoms with van der Waals surface area (Å²) in [5, 5.41) is 3.04. The average molecular weight is 512 g/mol. The molecule has 1 heterocycles. The number of para-hydroxylation sites is 2. The number of nitrogens with zero attached hydrogens (tertiary/aromatic N) is 2. The lowest BCUT2D eigenvalue weighted by molar-refractivity contribution is 0.0953. The lowest BCUT2D eigenvalue weighted by Crippen LogP contribution is -2.25. The van der Waals surface area contributed by atoms with Gasteiger partial charge in [0.1, 0.15) is 5.82 Å². The summed E-state index contributed by atoms with van der Waals surface area (Å²) in [6.45, 7) is 7.88. The van der Waals surface area contributed by atoms with Crippen molar-refractivity contribution in [3.8, 4) is 11.5 Å². The summed E-state index contributed by atoms with van der Waals surface area (Å²) in [7, 11) is 1.67. The Bertz CT molecular complexity index is 1380. The van der Waals surface area contributed by atoms with Crippen LogP contribution < -0.4 is 14.8 Å². The molecule has 1 N–H and O–H groups in total. The number of carbonyl (C=O) groups is 1. The molecule has 3 aromatic carbocycles. The zero-order chi connectivity index (χ0) is 26.7. The van der Waals surface area contributed by atoms with E-state index in [-0.39, 0.29) is 5.91 Å². The minimum Gasteiger partial charge on any atom is -0.493 e. The number of hydrogen-bond donors (Lipinski definition) is 1. The monoisotopic (exact) mass is 511 g/mol. The molecule has 6 heteroatoms. The zero-order valence-corrected chi connectivity index (χ0v) is 22.4. The molecule has 4 rings (SSSR count). The van der Waals surface area contributed by atoms with Gasteiger partial charge in [0.15, 0.2) is 11.5 Å². The summed E-state index contributed by atoms with van der Waals surface area (Å²) >= 11 is 0. The van der Waals surface area contributed by atoms with Gasteiger partial charge in [0.25, 0.3) is 5.91 Å². The number of fused-ring (bicyclic) bond motifs is 1. The van der Waals surface area contributed by atoms with Crippen molar-refractivity contribution in [2.24, 2.45) is 0 Å². The third-order valence-electron chi connectivity index (χ3n) is 6.52. The fraction of sp³-hybridized carbons (Fsp3) is 0.312. The van der Waals surface area contributed by atoms with Crippen LogP contribution in [0.3, 0.4) is 0 Å². The molecule has 0 aliphatic rings. The molecule has 0 atom stereocenters. The number of aromatic nitrogens is 2. The quantitative estimate of drug-likeness (QED) is 0.159. The molecule has 0 spiro atoms. The molecule has 1 amide bonds. The summed E-state index contributed by atoms with van der Waals surface area (Å²) in [5.41, 5.74) is 5.08. The van der Waals surface area contributed by atoms with Crippen molar-refractivity contribution >= 4 is 16.9 Å². The number of benzene rings is 3. The highest BCUT2D eigenvalue weighted by Gasteiger charge is 2.11. The fourth-order valence-electron chi connectivity index (χ4n) is 4.58. The van der Waals surface area contributed by atoms with E-state index in [0.29, 0.717) is 18.7 Å². The van der Waals surface area contributed by atoms with Crippen LogP contribution in [-0.4, -0.2) is 35.7 Å². The van der Waals surface area contributed by atoms with Crippen molar-refractivity contribution in [2.45, 2.75) is 45.6 Å². The minimum atomic E-state index is -0.0332. The van der Waals surface area contributed by atoms with E-state index in [1.807, 2.05) is 61.5 Å². The molecular formula is C32H37N3O3. The Morgan fingerprint density at radius 1 is 1.03 bits per heavy atom. The minimum absolute atomic E-state index is 0.0332. The number of unbranched alkanes of at least 4 members (excludes halogenated alkanes) is 1. The maximum atomic E-state index is 12.5. The second-order valence-electron chi connectivity index (χ2n) is 9.43. The van der Waals surface area contributed by atoms with Crippen LogP contribution in [0.25, 0.3) is 11.0 Å². The molecule has 0 fully saturated rings. The Balaban J connectivity index is 1.29. The van der Waals surface area contributed by atoms with Gasteiger partial charge in [-0.2, -0.15) is 0 Å². The Kier molecular flexibility index (Phi) is 9.57. The topological polar surface area (TPSA) is 65.4 Å². The molecule has 0 bridgehead atoms. The first kappa shape index (κ1) is 27.0. The SMILES string of the molecule is C=CCc1ccc(OCCCCn2c(CCCNC(=O)c3cccc(C)c3)nc3ccccc32)c(OC)c1. The smallest absolute Gasteiger partial charge is 0.251 e. The van der Waals surface area contributed by atoms with Crippen LogP contribution in [0.5, 0.6) is 11.5 Å². The molecule has 0 aliphatic heterocycles. The number of amides is 1. The number of rotatable bonds is 14. The van der Waals surface area contributed by atoms with E-state index in [9.17, 15) is 4.79 Å². The highest BCUT2D eigenvalue weighted by molar-refractivity contribution is 5.94. The lowest BCUT2D eigenvalue weighted by Gasteiger charge is -2.13. The molecule has 4 aromatic rings. The van der Waals surface area contributed by atoms with Crippen molar-refractivity contribution < 1.29 is 14.3 Å². The van der Waals surface area contributed by atoms with Gasteiger partial charge in [0, 0.05) is 25.1 Å². The number of nitrogens with one attached hydrogen (secondary N) is 1. The highest BCUT2D eigenvalue weighted by Crippen LogP contribution is 2.28. The van der Waals surface area contributed by atoms with Crippen molar-refractivity contribution in [1.82, 2.24) is 14.9 Å². The van der Waals surface area contributed by atoms with Crippen LogP contribution in [0.1, 0.15) is 46.6 Å². The van der Waals surface area contributed by atoms with Gasteiger partial charge in [-0.05, 0) is 74.6 Å². The normalized spacial score (nSPS) is 10.9. The van der Waals surface area contributed by atoms with Crippen LogP contribution in [0.15, 0.2) is 79.4 Å². The second-order valence-corrected chi connectivity index (χ2v) is 9.43. The van der Waals surface area contributed by atoms with Crippen molar-refractivity contribution in [1.29, 1.82) is 0 Å². The van der Waals surface area contributed by atoms with Crippen LogP contribution in [0, 0.1) is 6.92 Å². The molecule has 0 aliphatic carbocycles. The molecule has 0 radical (unpaired) electrons. The summed E-state index contributed by atoms with van der Waals surface area (Å²) in [6.07, 6.45) is 6.19. The van der Waals surface area contributed by atoms with Gasteiger partial charge in [-0.25, -0.2) is 4.98 Å². The van der Waals surface area contributed by atoms with E-state index in [1.54, 1.807) is 7.11 Å². The van der Waals surface area contributed by atoms with Gasteiger partial charge >= 0.3 is 0 Å². The number of aryl methyl sites for hydroxylation is 3. The van der Waals surface area contributed by atoms with E-state index in [1.165, 1.54) is 0 Å².